The molecule has 1 aromatic rings. The van der Waals surface area contributed by atoms with Crippen LogP contribution in [-0.4, -0.2) is 4.98 Å². The molecule has 1 nitrogen and oxygen atoms in total. The van der Waals surface area contributed by atoms with Crippen LogP contribution in [0.25, 0.3) is 0 Å². The molecule has 0 spiro atoms. The third-order valence-corrected chi connectivity index (χ3v) is 2.02. The van der Waals surface area contributed by atoms with E-state index in [-0.39, 0.29) is 0 Å². The van der Waals surface area contributed by atoms with Gasteiger partial charge in [-0.2, -0.15) is 0 Å². The normalized spacial score (nSPS) is 9.50. The Morgan fingerprint density at radius 2 is 1.92 bits per heavy atom. The molecule has 0 radical (unpaired) electrons. The summed E-state index contributed by atoms with van der Waals surface area (Å²) in [6, 6.07) is 0. The van der Waals surface area contributed by atoms with Gasteiger partial charge in [-0.25, -0.2) is 4.98 Å². The summed E-state index contributed by atoms with van der Waals surface area (Å²) < 4.78 is 0. The maximum Gasteiger partial charge on any atom is 0.0897 e. The van der Waals surface area contributed by atoms with Crippen LogP contribution in [0.5, 0.6) is 0 Å². The summed E-state index contributed by atoms with van der Waals surface area (Å²) in [6.07, 6.45) is 1.25. The number of nitrogens with zero attached hydrogens (tertiary/aromatic N) is 1. The van der Waals surface area contributed by atoms with Crippen molar-refractivity contribution in [2.24, 2.45) is 0 Å². The number of rotatable bonds is 1. The Kier molecular flexibility index (Phi) is 5.99. The van der Waals surface area contributed by atoms with Crippen molar-refractivity contribution in [1.29, 1.82) is 0 Å². The maximum absolute atomic E-state index is 4.33. The summed E-state index contributed by atoms with van der Waals surface area (Å²) in [5.41, 5.74) is 1.22. The van der Waals surface area contributed by atoms with Crippen molar-refractivity contribution in [3.05, 3.63) is 16.1 Å². The Morgan fingerprint density at radius 1 is 1.42 bits per heavy atom. The summed E-state index contributed by atoms with van der Waals surface area (Å²) in [6.45, 7) is 10.6. The topological polar surface area (TPSA) is 12.9 Å². The lowest BCUT2D eigenvalue weighted by Crippen LogP contribution is -1.85. The molecule has 1 aromatic heterocycles. The van der Waals surface area contributed by atoms with Gasteiger partial charge in [0.1, 0.15) is 0 Å². The highest BCUT2D eigenvalue weighted by molar-refractivity contribution is 7.09. The first-order chi connectivity index (χ1) is 5.61. The highest BCUT2D eigenvalue weighted by atomic mass is 32.1. The zero-order chi connectivity index (χ0) is 9.56. The monoisotopic (exact) mass is 185 g/mol. The Balaban J connectivity index is 0.000000354. The van der Waals surface area contributed by atoms with Crippen molar-refractivity contribution < 1.29 is 0 Å². The average molecular weight is 185 g/mol. The fraction of sp³-hybridized carbons (Fsp3) is 0.700. The largest absolute Gasteiger partial charge is 0.246 e. The second kappa shape index (κ2) is 6.18. The van der Waals surface area contributed by atoms with Gasteiger partial charge in [-0.15, -0.1) is 11.3 Å². The number of aromatic nitrogens is 1. The standard InChI is InChI=1S/C7H11NS.C3H8/c1-5(2)7-4-9-6(3)8-7;1-3-2/h4-5H,1-3H3;3H2,1-2H3. The minimum atomic E-state index is 0.579. The van der Waals surface area contributed by atoms with Gasteiger partial charge >= 0.3 is 0 Å². The van der Waals surface area contributed by atoms with Crippen LogP contribution in [0.15, 0.2) is 5.38 Å². The van der Waals surface area contributed by atoms with Gasteiger partial charge in [0.05, 0.1) is 10.7 Å². The van der Waals surface area contributed by atoms with Gasteiger partial charge in [-0.3, -0.25) is 0 Å². The molecule has 0 N–H and O–H groups in total. The lowest BCUT2D eigenvalue weighted by molar-refractivity contribution is 0.829. The third kappa shape index (κ3) is 4.50. The van der Waals surface area contributed by atoms with Crippen LogP contribution in [0, 0.1) is 6.92 Å². The van der Waals surface area contributed by atoms with Crippen LogP contribution >= 0.6 is 11.3 Å². The third-order valence-electron chi connectivity index (χ3n) is 1.23. The number of aryl methyl sites for hydroxylation is 1. The van der Waals surface area contributed by atoms with Crippen LogP contribution in [0.2, 0.25) is 0 Å². The Morgan fingerprint density at radius 3 is 2.08 bits per heavy atom. The molecule has 0 unspecified atom stereocenters. The Labute approximate surface area is 79.9 Å². The van der Waals surface area contributed by atoms with E-state index in [1.165, 1.54) is 17.1 Å². The van der Waals surface area contributed by atoms with E-state index in [0.29, 0.717) is 5.92 Å². The lowest BCUT2D eigenvalue weighted by atomic mass is 10.2. The molecule has 0 aliphatic rings. The van der Waals surface area contributed by atoms with Gasteiger partial charge in [0.15, 0.2) is 0 Å². The first-order valence-corrected chi connectivity index (χ1v) is 5.41. The predicted molar refractivity (Wildman–Crippen MR) is 56.9 cm³/mol. The van der Waals surface area contributed by atoms with Crippen molar-refractivity contribution in [3.8, 4) is 0 Å². The molecule has 0 saturated carbocycles. The smallest absolute Gasteiger partial charge is 0.0897 e. The van der Waals surface area contributed by atoms with Gasteiger partial charge in [-0.1, -0.05) is 34.1 Å². The fourth-order valence-electron chi connectivity index (χ4n) is 0.645. The van der Waals surface area contributed by atoms with E-state index in [4.69, 9.17) is 0 Å². The molecule has 2 heteroatoms. The quantitative estimate of drug-likeness (QED) is 0.644. The van der Waals surface area contributed by atoms with Crippen molar-refractivity contribution in [1.82, 2.24) is 4.98 Å². The van der Waals surface area contributed by atoms with E-state index in [1.54, 1.807) is 11.3 Å². The summed E-state index contributed by atoms with van der Waals surface area (Å²) in [5, 5.41) is 3.29. The molecule has 12 heavy (non-hydrogen) atoms. The fourth-order valence-corrected chi connectivity index (χ4v) is 1.42. The molecular formula is C10H19NS. The van der Waals surface area contributed by atoms with Gasteiger partial charge in [0.25, 0.3) is 0 Å². The summed E-state index contributed by atoms with van der Waals surface area (Å²) in [5.74, 6) is 0.579. The molecule has 1 heterocycles. The van der Waals surface area contributed by atoms with Crippen molar-refractivity contribution in [2.45, 2.75) is 47.0 Å². The van der Waals surface area contributed by atoms with E-state index < -0.39 is 0 Å². The van der Waals surface area contributed by atoms with E-state index in [0.717, 1.165) is 0 Å². The highest BCUT2D eigenvalue weighted by Gasteiger charge is 2.00. The molecule has 0 amide bonds. The summed E-state index contributed by atoms with van der Waals surface area (Å²) in [7, 11) is 0. The van der Waals surface area contributed by atoms with Crippen molar-refractivity contribution in [2.75, 3.05) is 0 Å². The van der Waals surface area contributed by atoms with Crippen LogP contribution in [-0.2, 0) is 0 Å². The second-order valence-electron chi connectivity index (χ2n) is 3.15. The maximum atomic E-state index is 4.33. The summed E-state index contributed by atoms with van der Waals surface area (Å²) >= 11 is 1.72. The summed E-state index contributed by atoms with van der Waals surface area (Å²) in [4.78, 5) is 4.33. The number of thiazole rings is 1. The zero-order valence-electron chi connectivity index (χ0n) is 8.72. The molecule has 0 saturated heterocycles. The van der Waals surface area contributed by atoms with Crippen LogP contribution in [0.1, 0.15) is 50.7 Å². The number of hydrogen-bond donors (Lipinski definition) is 0. The van der Waals surface area contributed by atoms with E-state index in [1.807, 2.05) is 6.92 Å². The van der Waals surface area contributed by atoms with Gasteiger partial charge in [-0.05, 0) is 12.8 Å². The van der Waals surface area contributed by atoms with Gasteiger partial charge < -0.3 is 0 Å². The first-order valence-electron chi connectivity index (χ1n) is 4.53. The molecule has 0 bridgehead atoms. The molecule has 0 aliphatic carbocycles. The lowest BCUT2D eigenvalue weighted by Gasteiger charge is -1.95. The predicted octanol–water partition coefficient (Wildman–Crippen LogP) is 3.99. The van der Waals surface area contributed by atoms with E-state index in [2.05, 4.69) is 38.1 Å². The van der Waals surface area contributed by atoms with Gasteiger partial charge in [0, 0.05) is 5.38 Å². The molecule has 0 aliphatic heterocycles. The average Bonchev–Trinajstić information content (AvgIpc) is 2.37. The molecule has 70 valence electrons. The molecule has 0 fully saturated rings. The number of hydrogen-bond acceptors (Lipinski definition) is 2. The van der Waals surface area contributed by atoms with Crippen molar-refractivity contribution in [3.63, 3.8) is 0 Å². The molecule has 0 aromatic carbocycles. The SMILES string of the molecule is CCC.Cc1nc(C(C)C)cs1. The molecule has 1 rings (SSSR count). The van der Waals surface area contributed by atoms with Gasteiger partial charge in [0.2, 0.25) is 0 Å². The van der Waals surface area contributed by atoms with Crippen molar-refractivity contribution >= 4 is 11.3 Å². The van der Waals surface area contributed by atoms with Crippen LogP contribution < -0.4 is 0 Å². The second-order valence-corrected chi connectivity index (χ2v) is 4.22. The zero-order valence-corrected chi connectivity index (χ0v) is 9.53. The molecular weight excluding hydrogens is 166 g/mol. The first kappa shape index (κ1) is 11.6. The van der Waals surface area contributed by atoms with Crippen LogP contribution in [0.3, 0.4) is 0 Å². The minimum absolute atomic E-state index is 0.579. The highest BCUT2D eigenvalue weighted by Crippen LogP contribution is 2.16. The van der Waals surface area contributed by atoms with Crippen LogP contribution in [0.4, 0.5) is 0 Å². The minimum Gasteiger partial charge on any atom is -0.246 e. The Bertz CT molecular complexity index is 203. The van der Waals surface area contributed by atoms with E-state index in [9.17, 15) is 0 Å². The van der Waals surface area contributed by atoms with E-state index >= 15 is 0 Å². The molecule has 0 atom stereocenters. The Hall–Kier alpha value is -0.370.